The molecule has 8 aromatic rings. The number of fused-ring (bicyclic) bond motifs is 2. The van der Waals surface area contributed by atoms with E-state index >= 15 is 0 Å². The molecule has 1 aromatic carbocycles. The van der Waals surface area contributed by atoms with E-state index in [4.69, 9.17) is 9.05 Å². The van der Waals surface area contributed by atoms with E-state index in [1.807, 2.05) is 63.5 Å². The van der Waals surface area contributed by atoms with Crippen molar-refractivity contribution in [1.29, 1.82) is 0 Å². The summed E-state index contributed by atoms with van der Waals surface area (Å²) in [5.41, 5.74) is 9.63. The molecule has 0 unspecified atom stereocenters. The number of thiophene rings is 1. The lowest BCUT2D eigenvalue weighted by Crippen LogP contribution is -2.16. The Hall–Kier alpha value is -5.82. The fourth-order valence-electron chi connectivity index (χ4n) is 6.04. The summed E-state index contributed by atoms with van der Waals surface area (Å²) in [4.78, 5) is 29.8. The first kappa shape index (κ1) is 31.8. The van der Waals surface area contributed by atoms with Crippen LogP contribution < -0.4 is 11.0 Å². The Morgan fingerprint density at radius 2 is 1.49 bits per heavy atom. The van der Waals surface area contributed by atoms with Crippen molar-refractivity contribution in [3.05, 3.63) is 116 Å². The van der Waals surface area contributed by atoms with Crippen LogP contribution in [0, 0.1) is 27.7 Å². The molecule has 13 heteroatoms. The quantitative estimate of drug-likeness (QED) is 0.170. The van der Waals surface area contributed by atoms with Gasteiger partial charge in [-0.1, -0.05) is 46.7 Å². The van der Waals surface area contributed by atoms with Crippen molar-refractivity contribution in [3.63, 3.8) is 0 Å². The Bertz CT molecular complexity index is 2390. The Balaban J connectivity index is 0.000000155. The summed E-state index contributed by atoms with van der Waals surface area (Å²) in [7, 11) is 0. The van der Waals surface area contributed by atoms with Gasteiger partial charge in [0.05, 0.1) is 35.5 Å². The molecular formula is C36H35N9O3S. The third kappa shape index (κ3) is 6.27. The predicted molar refractivity (Wildman–Crippen MR) is 191 cm³/mol. The summed E-state index contributed by atoms with van der Waals surface area (Å²) in [6, 6.07) is 18.4. The summed E-state index contributed by atoms with van der Waals surface area (Å²) < 4.78 is 14.4. The zero-order chi connectivity index (χ0) is 34.1. The normalized spacial score (nSPS) is 11.3. The van der Waals surface area contributed by atoms with Gasteiger partial charge in [-0.3, -0.25) is 9.55 Å². The minimum Gasteiger partial charge on any atom is -0.361 e. The number of anilines is 1. The van der Waals surface area contributed by atoms with Crippen LogP contribution in [0.5, 0.6) is 0 Å². The molecule has 0 aliphatic rings. The Morgan fingerprint density at radius 1 is 0.816 bits per heavy atom. The van der Waals surface area contributed by atoms with Gasteiger partial charge < -0.3 is 18.9 Å². The highest BCUT2D eigenvalue weighted by Crippen LogP contribution is 2.31. The molecule has 0 atom stereocenters. The summed E-state index contributed by atoms with van der Waals surface area (Å²) in [5, 5.41) is 13.4. The van der Waals surface area contributed by atoms with E-state index in [-0.39, 0.29) is 5.69 Å². The number of aromatic nitrogens is 8. The van der Waals surface area contributed by atoms with E-state index in [9.17, 15) is 4.79 Å². The van der Waals surface area contributed by atoms with E-state index in [2.05, 4.69) is 77.4 Å². The fourth-order valence-corrected chi connectivity index (χ4v) is 6.73. The lowest BCUT2D eigenvalue weighted by Gasteiger charge is -2.10. The molecule has 0 fully saturated rings. The van der Waals surface area contributed by atoms with Gasteiger partial charge in [0.2, 0.25) is 5.95 Å². The maximum Gasteiger partial charge on any atom is 0.328 e. The summed E-state index contributed by atoms with van der Waals surface area (Å²) in [6.07, 6.45) is 3.57. The van der Waals surface area contributed by atoms with Gasteiger partial charge >= 0.3 is 5.69 Å². The van der Waals surface area contributed by atoms with E-state index in [0.717, 1.165) is 85.8 Å². The molecule has 0 spiro atoms. The van der Waals surface area contributed by atoms with Crippen LogP contribution >= 0.6 is 11.3 Å². The number of H-pyrrole nitrogens is 1. The second-order valence-electron chi connectivity index (χ2n) is 11.7. The molecule has 0 saturated carbocycles. The van der Waals surface area contributed by atoms with Gasteiger partial charge in [-0.2, -0.15) is 4.98 Å². The molecule has 248 valence electrons. The van der Waals surface area contributed by atoms with Crippen molar-refractivity contribution in [2.24, 2.45) is 0 Å². The average molecular weight is 674 g/mol. The number of benzene rings is 1. The van der Waals surface area contributed by atoms with Gasteiger partial charge in [-0.05, 0) is 63.8 Å². The Morgan fingerprint density at radius 3 is 2.10 bits per heavy atom. The zero-order valence-corrected chi connectivity index (χ0v) is 28.6. The van der Waals surface area contributed by atoms with E-state index < -0.39 is 0 Å². The van der Waals surface area contributed by atoms with Crippen molar-refractivity contribution >= 4 is 39.6 Å². The second kappa shape index (κ2) is 13.4. The van der Waals surface area contributed by atoms with Crippen LogP contribution in [0.15, 0.2) is 86.2 Å². The number of nitrogens with one attached hydrogen (secondary N) is 2. The zero-order valence-electron chi connectivity index (χ0n) is 27.8. The number of aromatic amines is 1. The molecular weight excluding hydrogens is 639 g/mol. The van der Waals surface area contributed by atoms with Gasteiger partial charge in [-0.25, -0.2) is 14.8 Å². The van der Waals surface area contributed by atoms with Crippen molar-refractivity contribution < 1.29 is 9.05 Å². The molecule has 12 nitrogen and oxygen atoms in total. The minimum absolute atomic E-state index is 0.156. The van der Waals surface area contributed by atoms with Gasteiger partial charge in [0, 0.05) is 46.1 Å². The first-order valence-corrected chi connectivity index (χ1v) is 16.8. The number of pyridine rings is 2. The molecule has 0 saturated heterocycles. The number of aryl methyl sites for hydroxylation is 4. The number of rotatable bonds is 8. The average Bonchev–Trinajstić information content (AvgIpc) is 3.93. The molecule has 0 radical (unpaired) electrons. The third-order valence-electron chi connectivity index (χ3n) is 8.29. The summed E-state index contributed by atoms with van der Waals surface area (Å²) >= 11 is 1.63. The van der Waals surface area contributed by atoms with Crippen LogP contribution in [-0.4, -0.2) is 45.9 Å². The molecule has 0 bridgehead atoms. The number of nitrogens with zero attached hydrogens (tertiary/aromatic N) is 7. The van der Waals surface area contributed by atoms with Gasteiger partial charge in [0.25, 0.3) is 0 Å². The van der Waals surface area contributed by atoms with Crippen LogP contribution in [0.2, 0.25) is 0 Å². The molecule has 0 amide bonds. The molecule has 0 aliphatic heterocycles. The van der Waals surface area contributed by atoms with Crippen LogP contribution in [0.4, 0.5) is 5.95 Å². The van der Waals surface area contributed by atoms with Crippen LogP contribution in [0.1, 0.15) is 40.3 Å². The standard InChI is InChI=1S/C20H21N5O.C16H14N4O2S/c1-4-21-20-23-19-17(25(20)12-15-8-6-5-7-9-15)10-16(11-22-19)18-13(2)24-26-14(18)3;1-9-14(10(2)22-19-9)11-6-13-15(17-7-11)18-16(21)20(13)8-12-4-3-5-23-12/h5-11H,4,12H2,1-3H3,(H,21,22,23);3-7H,8H2,1-2H3,(H,17,18,21). The molecule has 7 heterocycles. The minimum atomic E-state index is -0.156. The van der Waals surface area contributed by atoms with Crippen LogP contribution in [0.3, 0.4) is 0 Å². The highest BCUT2D eigenvalue weighted by molar-refractivity contribution is 7.09. The van der Waals surface area contributed by atoms with E-state index in [1.165, 1.54) is 5.56 Å². The van der Waals surface area contributed by atoms with E-state index in [0.29, 0.717) is 12.2 Å². The Kier molecular flexibility index (Phi) is 8.66. The monoisotopic (exact) mass is 673 g/mol. The van der Waals surface area contributed by atoms with Crippen LogP contribution in [0.25, 0.3) is 44.6 Å². The van der Waals surface area contributed by atoms with Crippen molar-refractivity contribution in [2.45, 2.75) is 47.7 Å². The summed E-state index contributed by atoms with van der Waals surface area (Å²) in [5.74, 6) is 2.37. The molecule has 49 heavy (non-hydrogen) atoms. The highest BCUT2D eigenvalue weighted by atomic mass is 32.1. The molecule has 7 aromatic heterocycles. The van der Waals surface area contributed by atoms with Crippen molar-refractivity contribution in [3.8, 4) is 22.3 Å². The number of imidazole rings is 2. The number of hydrogen-bond acceptors (Lipinski definition) is 10. The topological polar surface area (TPSA) is 145 Å². The van der Waals surface area contributed by atoms with Gasteiger partial charge in [0.1, 0.15) is 11.5 Å². The second-order valence-corrected chi connectivity index (χ2v) is 12.7. The number of hydrogen-bond donors (Lipinski definition) is 2. The van der Waals surface area contributed by atoms with Crippen molar-refractivity contribution in [2.75, 3.05) is 11.9 Å². The maximum absolute atomic E-state index is 12.2. The largest absolute Gasteiger partial charge is 0.361 e. The Labute approximate surface area is 285 Å². The van der Waals surface area contributed by atoms with Gasteiger partial charge in [-0.15, -0.1) is 11.3 Å². The third-order valence-corrected chi connectivity index (χ3v) is 9.15. The molecule has 8 rings (SSSR count). The van der Waals surface area contributed by atoms with Gasteiger partial charge in [0.15, 0.2) is 11.3 Å². The smallest absolute Gasteiger partial charge is 0.328 e. The SMILES string of the molecule is CCNc1nc2ncc(-c3c(C)noc3C)cc2n1Cc1ccccc1.Cc1noc(C)c1-c1cnc2[nH]c(=O)n(Cc3cccs3)c2c1. The highest BCUT2D eigenvalue weighted by Gasteiger charge is 2.18. The lowest BCUT2D eigenvalue weighted by molar-refractivity contribution is 0.393. The summed E-state index contributed by atoms with van der Waals surface area (Å²) in [6.45, 7) is 11.8. The van der Waals surface area contributed by atoms with Crippen molar-refractivity contribution in [1.82, 2.24) is 39.4 Å². The van der Waals surface area contributed by atoms with E-state index in [1.54, 1.807) is 22.1 Å². The maximum atomic E-state index is 12.2. The predicted octanol–water partition coefficient (Wildman–Crippen LogP) is 7.29. The fraction of sp³-hybridized carbons (Fsp3) is 0.222. The van der Waals surface area contributed by atoms with Crippen LogP contribution in [-0.2, 0) is 13.1 Å². The molecule has 0 aliphatic carbocycles. The molecule has 2 N–H and O–H groups in total. The lowest BCUT2D eigenvalue weighted by atomic mass is 10.1. The first-order valence-electron chi connectivity index (χ1n) is 15.9. The first-order chi connectivity index (χ1) is 23.8.